The van der Waals surface area contributed by atoms with Crippen LogP contribution in [0.4, 0.5) is 0 Å². The molecule has 0 radical (unpaired) electrons. The summed E-state index contributed by atoms with van der Waals surface area (Å²) in [4.78, 5) is 27.3. The third kappa shape index (κ3) is 4.01. The molecule has 2 aromatic carbocycles. The van der Waals surface area contributed by atoms with Gasteiger partial charge in [0, 0.05) is 29.3 Å². The molecule has 6 heteroatoms. The van der Waals surface area contributed by atoms with Crippen molar-refractivity contribution in [1.82, 2.24) is 5.32 Å². The van der Waals surface area contributed by atoms with E-state index in [9.17, 15) is 9.59 Å². The van der Waals surface area contributed by atoms with Crippen molar-refractivity contribution in [2.45, 2.75) is 63.4 Å². The molecule has 35 heavy (non-hydrogen) atoms. The van der Waals surface area contributed by atoms with Gasteiger partial charge in [0.05, 0.1) is 5.57 Å². The molecule has 1 N–H and O–H groups in total. The van der Waals surface area contributed by atoms with Crippen molar-refractivity contribution >= 4 is 11.8 Å². The van der Waals surface area contributed by atoms with E-state index in [1.807, 2.05) is 43.3 Å². The number of esters is 1. The Kier molecular flexibility index (Phi) is 5.59. The van der Waals surface area contributed by atoms with Gasteiger partial charge in [-0.2, -0.15) is 0 Å². The molecule has 0 spiro atoms. The van der Waals surface area contributed by atoms with E-state index in [0.29, 0.717) is 35.5 Å². The largest absolute Gasteiger partial charge is 0.459 e. The van der Waals surface area contributed by atoms with Crippen LogP contribution in [-0.4, -0.2) is 24.6 Å². The minimum absolute atomic E-state index is 0.0555. The molecule has 180 valence electrons. The number of ketones is 1. The summed E-state index contributed by atoms with van der Waals surface area (Å²) in [6.07, 6.45) is 5.02. The van der Waals surface area contributed by atoms with Gasteiger partial charge in [0.25, 0.3) is 0 Å². The SMILES string of the molecule is CC1=C(C(=O)OC2CCCC2)[C@H](c2ccc3c(c2)OCO3)C2=C(C[C@@H](c3ccccc3)CC2=O)N1. The smallest absolute Gasteiger partial charge is 0.337 e. The molecule has 0 bridgehead atoms. The van der Waals surface area contributed by atoms with E-state index in [4.69, 9.17) is 14.2 Å². The topological polar surface area (TPSA) is 73.9 Å². The van der Waals surface area contributed by atoms with Crippen LogP contribution in [0.1, 0.15) is 68.4 Å². The Balaban J connectivity index is 1.41. The maximum Gasteiger partial charge on any atom is 0.337 e. The van der Waals surface area contributed by atoms with Gasteiger partial charge in [0.2, 0.25) is 6.79 Å². The molecule has 6 rings (SSSR count). The van der Waals surface area contributed by atoms with Crippen molar-refractivity contribution in [3.05, 3.63) is 82.2 Å². The number of carbonyl (C=O) groups excluding carboxylic acids is 2. The highest BCUT2D eigenvalue weighted by Gasteiger charge is 2.42. The average molecular weight is 472 g/mol. The molecule has 6 nitrogen and oxygen atoms in total. The standard InChI is InChI=1S/C29H29NO5/c1-17-26(29(32)35-21-9-5-6-10-21)27(19-11-12-24-25(15-19)34-16-33-24)28-22(30-17)13-20(14-23(28)31)18-7-3-2-4-8-18/h2-4,7-8,11-12,15,20-21,27,30H,5-6,9-10,13-14,16H2,1H3/t20-,27+/m1/s1. The highest BCUT2D eigenvalue weighted by atomic mass is 16.7. The van der Waals surface area contributed by atoms with E-state index in [2.05, 4.69) is 17.4 Å². The van der Waals surface area contributed by atoms with E-state index >= 15 is 0 Å². The summed E-state index contributed by atoms with van der Waals surface area (Å²) in [6.45, 7) is 2.08. The number of fused-ring (bicyclic) bond motifs is 1. The number of hydrogen-bond donors (Lipinski definition) is 1. The van der Waals surface area contributed by atoms with E-state index in [-0.39, 0.29) is 30.6 Å². The summed E-state index contributed by atoms with van der Waals surface area (Å²) in [5, 5.41) is 3.44. The number of benzene rings is 2. The fraction of sp³-hybridized carbons (Fsp3) is 0.379. The molecule has 0 saturated heterocycles. The summed E-state index contributed by atoms with van der Waals surface area (Å²) in [7, 11) is 0. The number of dihydropyridines is 1. The molecule has 0 aromatic heterocycles. The van der Waals surface area contributed by atoms with Gasteiger partial charge in [-0.15, -0.1) is 0 Å². The zero-order valence-electron chi connectivity index (χ0n) is 19.8. The van der Waals surface area contributed by atoms with Crippen molar-refractivity contribution in [2.24, 2.45) is 0 Å². The lowest BCUT2D eigenvalue weighted by Crippen LogP contribution is -2.36. The third-order valence-corrected chi connectivity index (χ3v) is 7.62. The molecule has 2 aromatic rings. The number of Topliss-reactive ketones (excluding diaryl/α,β-unsaturated/α-hetero) is 1. The van der Waals surface area contributed by atoms with Gasteiger partial charge in [0.1, 0.15) is 6.10 Å². The summed E-state index contributed by atoms with van der Waals surface area (Å²) in [5.74, 6) is 0.635. The number of hydrogen-bond acceptors (Lipinski definition) is 6. The minimum atomic E-state index is -0.501. The van der Waals surface area contributed by atoms with Gasteiger partial charge in [-0.3, -0.25) is 4.79 Å². The second-order valence-electron chi connectivity index (χ2n) is 9.85. The number of carbonyl (C=O) groups is 2. The second kappa shape index (κ2) is 8.91. The van der Waals surface area contributed by atoms with Crippen LogP contribution in [0.25, 0.3) is 0 Å². The Morgan fingerprint density at radius 2 is 1.74 bits per heavy atom. The van der Waals surface area contributed by atoms with Crippen LogP contribution in [0.5, 0.6) is 11.5 Å². The molecular formula is C29H29NO5. The van der Waals surface area contributed by atoms with Crippen LogP contribution in [0, 0.1) is 0 Å². The fourth-order valence-corrected chi connectivity index (χ4v) is 5.92. The maximum atomic E-state index is 13.7. The van der Waals surface area contributed by atoms with Crippen molar-refractivity contribution in [3.63, 3.8) is 0 Å². The van der Waals surface area contributed by atoms with Crippen LogP contribution in [0.2, 0.25) is 0 Å². The van der Waals surface area contributed by atoms with E-state index in [1.165, 1.54) is 0 Å². The van der Waals surface area contributed by atoms with Crippen LogP contribution >= 0.6 is 0 Å². The lowest BCUT2D eigenvalue weighted by Gasteiger charge is -2.37. The lowest BCUT2D eigenvalue weighted by molar-refractivity contribution is -0.144. The third-order valence-electron chi connectivity index (χ3n) is 7.62. The van der Waals surface area contributed by atoms with Crippen LogP contribution in [-0.2, 0) is 14.3 Å². The van der Waals surface area contributed by atoms with Crippen molar-refractivity contribution < 1.29 is 23.8 Å². The summed E-state index contributed by atoms with van der Waals surface area (Å²) in [6, 6.07) is 15.9. The van der Waals surface area contributed by atoms with Crippen LogP contribution < -0.4 is 14.8 Å². The maximum absolute atomic E-state index is 13.7. The Morgan fingerprint density at radius 3 is 2.54 bits per heavy atom. The summed E-state index contributed by atoms with van der Waals surface area (Å²) in [5.41, 5.74) is 4.82. The first kappa shape index (κ1) is 22.0. The summed E-state index contributed by atoms with van der Waals surface area (Å²) < 4.78 is 17.1. The van der Waals surface area contributed by atoms with Crippen molar-refractivity contribution in [1.29, 1.82) is 0 Å². The Bertz CT molecular complexity index is 1240. The summed E-state index contributed by atoms with van der Waals surface area (Å²) >= 11 is 0. The quantitative estimate of drug-likeness (QED) is 0.613. The van der Waals surface area contributed by atoms with Crippen LogP contribution in [0.3, 0.4) is 0 Å². The first-order valence-electron chi connectivity index (χ1n) is 12.5. The first-order valence-corrected chi connectivity index (χ1v) is 12.5. The zero-order chi connectivity index (χ0) is 23.9. The molecule has 2 aliphatic carbocycles. The zero-order valence-corrected chi connectivity index (χ0v) is 19.8. The molecule has 0 unspecified atom stereocenters. The van der Waals surface area contributed by atoms with Gasteiger partial charge in [-0.25, -0.2) is 4.79 Å². The van der Waals surface area contributed by atoms with E-state index < -0.39 is 5.92 Å². The second-order valence-corrected chi connectivity index (χ2v) is 9.85. The highest BCUT2D eigenvalue weighted by molar-refractivity contribution is 6.04. The van der Waals surface area contributed by atoms with Gasteiger partial charge in [-0.1, -0.05) is 36.4 Å². The Labute approximate surface area is 205 Å². The average Bonchev–Trinajstić information content (AvgIpc) is 3.55. The molecule has 1 fully saturated rings. The van der Waals surface area contributed by atoms with Gasteiger partial charge >= 0.3 is 5.97 Å². The van der Waals surface area contributed by atoms with E-state index in [0.717, 1.165) is 48.2 Å². The molecule has 2 heterocycles. The number of rotatable bonds is 4. The molecule has 0 amide bonds. The number of ether oxygens (including phenoxy) is 3. The van der Waals surface area contributed by atoms with Gasteiger partial charge in [0.15, 0.2) is 17.3 Å². The normalized spacial score (nSPS) is 23.9. The Morgan fingerprint density at radius 1 is 0.971 bits per heavy atom. The van der Waals surface area contributed by atoms with Crippen molar-refractivity contribution in [3.8, 4) is 11.5 Å². The van der Waals surface area contributed by atoms with Gasteiger partial charge < -0.3 is 19.5 Å². The predicted molar refractivity (Wildman–Crippen MR) is 130 cm³/mol. The Hall–Kier alpha value is -3.54. The fourth-order valence-electron chi connectivity index (χ4n) is 5.92. The van der Waals surface area contributed by atoms with Crippen LogP contribution in [0.15, 0.2) is 71.1 Å². The minimum Gasteiger partial charge on any atom is -0.459 e. The van der Waals surface area contributed by atoms with Crippen molar-refractivity contribution in [2.75, 3.05) is 6.79 Å². The molecule has 1 saturated carbocycles. The lowest BCUT2D eigenvalue weighted by atomic mass is 9.71. The molecule has 2 aliphatic heterocycles. The highest BCUT2D eigenvalue weighted by Crippen LogP contribution is 2.47. The molecule has 4 aliphatic rings. The number of allylic oxidation sites excluding steroid dienone is 3. The monoisotopic (exact) mass is 471 g/mol. The number of nitrogens with one attached hydrogen (secondary N) is 1. The first-order chi connectivity index (χ1) is 17.1. The van der Waals surface area contributed by atoms with E-state index in [1.54, 1.807) is 0 Å². The molecular weight excluding hydrogens is 442 g/mol. The molecule has 2 atom stereocenters. The van der Waals surface area contributed by atoms with Gasteiger partial charge in [-0.05, 0) is 68.2 Å². The predicted octanol–water partition coefficient (Wildman–Crippen LogP) is 5.26.